The van der Waals surface area contributed by atoms with Gasteiger partial charge in [-0.2, -0.15) is 0 Å². The number of benzene rings is 1. The molecule has 0 saturated heterocycles. The van der Waals surface area contributed by atoms with Gasteiger partial charge in [0.25, 0.3) is 0 Å². The second kappa shape index (κ2) is 4.08. The van der Waals surface area contributed by atoms with Gasteiger partial charge in [-0.15, -0.1) is 0 Å². The molecule has 2 rings (SSSR count). The Hall–Kier alpha value is -1.31. The second-order valence-corrected chi connectivity index (χ2v) is 3.17. The van der Waals surface area contributed by atoms with Crippen LogP contribution in [0.3, 0.4) is 0 Å². The summed E-state index contributed by atoms with van der Waals surface area (Å²) < 4.78 is 5.76. The monoisotopic (exact) mass is 175 g/mol. The summed E-state index contributed by atoms with van der Waals surface area (Å²) in [5.41, 5.74) is 0. The third-order valence-electron chi connectivity index (χ3n) is 2.12. The van der Waals surface area contributed by atoms with Crippen LogP contribution in [-0.4, -0.2) is 18.9 Å². The fourth-order valence-corrected chi connectivity index (χ4v) is 1.42. The van der Waals surface area contributed by atoms with Crippen LogP contribution in [0, 0.1) is 0 Å². The van der Waals surface area contributed by atoms with E-state index in [2.05, 4.69) is 4.99 Å². The van der Waals surface area contributed by atoms with Crippen molar-refractivity contribution in [3.8, 4) is 5.75 Å². The van der Waals surface area contributed by atoms with E-state index < -0.39 is 0 Å². The number of hydrogen-bond donors (Lipinski definition) is 0. The molecule has 2 heteroatoms. The largest absolute Gasteiger partial charge is 0.490 e. The Labute approximate surface area is 78.3 Å². The lowest BCUT2D eigenvalue weighted by molar-refractivity contribution is 0.198. The quantitative estimate of drug-likeness (QED) is 0.675. The third kappa shape index (κ3) is 2.31. The topological polar surface area (TPSA) is 21.6 Å². The first-order chi connectivity index (χ1) is 6.45. The van der Waals surface area contributed by atoms with Gasteiger partial charge < -0.3 is 4.74 Å². The molecule has 1 atom stereocenters. The van der Waals surface area contributed by atoms with Crippen LogP contribution in [0.5, 0.6) is 5.75 Å². The molecule has 0 saturated carbocycles. The van der Waals surface area contributed by atoms with E-state index >= 15 is 0 Å². The van der Waals surface area contributed by atoms with Gasteiger partial charge in [0.1, 0.15) is 11.9 Å². The Morgan fingerprint density at radius 3 is 2.77 bits per heavy atom. The minimum absolute atomic E-state index is 0.319. The summed E-state index contributed by atoms with van der Waals surface area (Å²) in [6.45, 7) is 0.900. The molecular weight excluding hydrogens is 162 g/mol. The smallest absolute Gasteiger partial charge is 0.119 e. The van der Waals surface area contributed by atoms with E-state index in [0.29, 0.717) is 6.10 Å². The van der Waals surface area contributed by atoms with Crippen LogP contribution in [0.2, 0.25) is 0 Å². The fourth-order valence-electron chi connectivity index (χ4n) is 1.42. The molecule has 1 aromatic rings. The zero-order valence-corrected chi connectivity index (χ0v) is 7.52. The van der Waals surface area contributed by atoms with Gasteiger partial charge in [-0.3, -0.25) is 4.99 Å². The van der Waals surface area contributed by atoms with Crippen molar-refractivity contribution in [2.24, 2.45) is 4.99 Å². The van der Waals surface area contributed by atoms with Crippen molar-refractivity contribution >= 4 is 6.21 Å². The van der Waals surface area contributed by atoms with Crippen LogP contribution < -0.4 is 4.74 Å². The van der Waals surface area contributed by atoms with Crippen molar-refractivity contribution in [1.82, 2.24) is 0 Å². The maximum Gasteiger partial charge on any atom is 0.119 e. The summed E-state index contributed by atoms with van der Waals surface area (Å²) in [4.78, 5) is 4.16. The lowest BCUT2D eigenvalue weighted by Gasteiger charge is -2.19. The van der Waals surface area contributed by atoms with Crippen molar-refractivity contribution < 1.29 is 4.74 Å². The van der Waals surface area contributed by atoms with Crippen molar-refractivity contribution in [2.75, 3.05) is 6.54 Å². The second-order valence-electron chi connectivity index (χ2n) is 3.17. The van der Waals surface area contributed by atoms with Gasteiger partial charge in [-0.1, -0.05) is 18.2 Å². The molecule has 68 valence electrons. The van der Waals surface area contributed by atoms with E-state index in [0.717, 1.165) is 25.1 Å². The Kier molecular flexibility index (Phi) is 2.60. The van der Waals surface area contributed by atoms with Crippen LogP contribution in [0.1, 0.15) is 12.8 Å². The highest BCUT2D eigenvalue weighted by Gasteiger charge is 2.11. The van der Waals surface area contributed by atoms with Gasteiger partial charge in [-0.25, -0.2) is 0 Å². The number of aliphatic imine (C=N–C) groups is 1. The standard InChI is InChI=1S/C11H13NO/c1-2-4-10(5-3-1)13-11-6-8-12-9-7-11/h1-5,8,11H,6-7,9H2. The number of rotatable bonds is 2. The maximum atomic E-state index is 5.76. The molecule has 0 amide bonds. The van der Waals surface area contributed by atoms with Crippen LogP contribution in [-0.2, 0) is 0 Å². The van der Waals surface area contributed by atoms with Gasteiger partial charge in [-0.05, 0) is 12.1 Å². The Morgan fingerprint density at radius 2 is 2.08 bits per heavy atom. The van der Waals surface area contributed by atoms with Crippen LogP contribution >= 0.6 is 0 Å². The molecule has 0 N–H and O–H groups in total. The van der Waals surface area contributed by atoms with Gasteiger partial charge in [0.2, 0.25) is 0 Å². The van der Waals surface area contributed by atoms with E-state index in [1.165, 1.54) is 0 Å². The van der Waals surface area contributed by atoms with Crippen LogP contribution in [0.25, 0.3) is 0 Å². The predicted molar refractivity (Wildman–Crippen MR) is 53.5 cm³/mol. The molecule has 0 spiro atoms. The van der Waals surface area contributed by atoms with Gasteiger partial charge in [0.15, 0.2) is 0 Å². The maximum absolute atomic E-state index is 5.76. The van der Waals surface area contributed by atoms with E-state index in [4.69, 9.17) is 4.74 Å². The first kappa shape index (κ1) is 8.30. The van der Waals surface area contributed by atoms with Crippen molar-refractivity contribution in [1.29, 1.82) is 0 Å². The first-order valence-corrected chi connectivity index (χ1v) is 4.65. The molecule has 13 heavy (non-hydrogen) atoms. The van der Waals surface area contributed by atoms with E-state index in [-0.39, 0.29) is 0 Å². The SMILES string of the molecule is C1=NCCC(Oc2ccccc2)C1. The molecule has 1 aliphatic heterocycles. The highest BCUT2D eigenvalue weighted by atomic mass is 16.5. The summed E-state index contributed by atoms with van der Waals surface area (Å²) in [5, 5.41) is 0. The number of hydrogen-bond acceptors (Lipinski definition) is 2. The molecule has 0 radical (unpaired) electrons. The molecule has 1 aliphatic rings. The van der Waals surface area contributed by atoms with Crippen LogP contribution in [0.4, 0.5) is 0 Å². The van der Waals surface area contributed by atoms with E-state index in [1.807, 2.05) is 36.5 Å². The Morgan fingerprint density at radius 1 is 1.23 bits per heavy atom. The highest BCUT2D eigenvalue weighted by Crippen LogP contribution is 2.15. The highest BCUT2D eigenvalue weighted by molar-refractivity contribution is 5.58. The molecule has 1 heterocycles. The van der Waals surface area contributed by atoms with Gasteiger partial charge in [0.05, 0.1) is 0 Å². The molecule has 0 bridgehead atoms. The van der Waals surface area contributed by atoms with Crippen molar-refractivity contribution in [2.45, 2.75) is 18.9 Å². The predicted octanol–water partition coefficient (Wildman–Crippen LogP) is 2.30. The van der Waals surface area contributed by atoms with Crippen LogP contribution in [0.15, 0.2) is 35.3 Å². The van der Waals surface area contributed by atoms with E-state index in [1.54, 1.807) is 0 Å². The summed E-state index contributed by atoms with van der Waals surface area (Å²) in [5.74, 6) is 0.961. The number of ether oxygens (including phenoxy) is 1. The lowest BCUT2D eigenvalue weighted by Crippen LogP contribution is -2.21. The third-order valence-corrected chi connectivity index (χ3v) is 2.12. The van der Waals surface area contributed by atoms with E-state index in [9.17, 15) is 0 Å². The summed E-state index contributed by atoms with van der Waals surface area (Å²) in [6.07, 6.45) is 4.25. The molecular formula is C11H13NO. The Bertz CT molecular complexity index is 281. The minimum atomic E-state index is 0.319. The van der Waals surface area contributed by atoms with Crippen molar-refractivity contribution in [3.05, 3.63) is 30.3 Å². The van der Waals surface area contributed by atoms with Crippen molar-refractivity contribution in [3.63, 3.8) is 0 Å². The molecule has 0 aromatic heterocycles. The average molecular weight is 175 g/mol. The summed E-state index contributed by atoms with van der Waals surface area (Å²) in [6, 6.07) is 9.96. The molecule has 0 aliphatic carbocycles. The zero-order chi connectivity index (χ0) is 8.93. The normalized spacial score (nSPS) is 21.4. The molecule has 1 aromatic carbocycles. The molecule has 2 nitrogen and oxygen atoms in total. The first-order valence-electron chi connectivity index (χ1n) is 4.65. The lowest BCUT2D eigenvalue weighted by atomic mass is 10.1. The zero-order valence-electron chi connectivity index (χ0n) is 7.52. The Balaban J connectivity index is 1.94. The fraction of sp³-hybridized carbons (Fsp3) is 0.364. The summed E-state index contributed by atoms with van der Waals surface area (Å²) in [7, 11) is 0. The molecule has 0 fully saturated rings. The summed E-state index contributed by atoms with van der Waals surface area (Å²) >= 11 is 0. The van der Waals surface area contributed by atoms with Gasteiger partial charge in [0, 0.05) is 25.6 Å². The average Bonchev–Trinajstić information content (AvgIpc) is 2.21. The molecule has 1 unspecified atom stereocenters. The number of para-hydroxylation sites is 1. The van der Waals surface area contributed by atoms with Gasteiger partial charge >= 0.3 is 0 Å². The number of nitrogens with zero attached hydrogens (tertiary/aromatic N) is 1. The minimum Gasteiger partial charge on any atom is -0.490 e.